The maximum Gasteiger partial charge on any atom is 0.324 e. The summed E-state index contributed by atoms with van der Waals surface area (Å²) in [6, 6.07) is 0.0310. The first-order valence-electron chi connectivity index (χ1n) is 6.31. The Bertz CT molecular complexity index is 221. The molecule has 16 heavy (non-hydrogen) atoms. The van der Waals surface area contributed by atoms with Crippen LogP contribution in [0.25, 0.3) is 0 Å². The topological polar surface area (TPSA) is 55.6 Å². The number of nitrogens with two attached hydrogens (primary N) is 1. The molecule has 2 unspecified atom stereocenters. The fraction of sp³-hybridized carbons (Fsp3) is 0.917. The highest BCUT2D eigenvalue weighted by Crippen LogP contribution is 2.16. The third kappa shape index (κ3) is 4.10. The number of rotatable bonds is 4. The molecule has 1 saturated heterocycles. The highest BCUT2D eigenvalue weighted by Gasteiger charge is 2.23. The standard InChI is InChI=1S/C12H24N2O2/c1-3-16-12(15)11(13)9-14-8-6-4-5-7-10(14)2/h10-11H,3-9,13H2,1-2H3. The van der Waals surface area contributed by atoms with Gasteiger partial charge in [0.2, 0.25) is 0 Å². The van der Waals surface area contributed by atoms with E-state index in [-0.39, 0.29) is 5.97 Å². The fourth-order valence-electron chi connectivity index (χ4n) is 2.18. The van der Waals surface area contributed by atoms with Gasteiger partial charge in [0, 0.05) is 12.6 Å². The van der Waals surface area contributed by atoms with Gasteiger partial charge in [0.1, 0.15) is 6.04 Å². The molecule has 4 nitrogen and oxygen atoms in total. The van der Waals surface area contributed by atoms with E-state index in [0.717, 1.165) is 6.54 Å². The van der Waals surface area contributed by atoms with Crippen LogP contribution in [0.4, 0.5) is 0 Å². The lowest BCUT2D eigenvalue weighted by Crippen LogP contribution is -2.46. The number of esters is 1. The normalized spacial score (nSPS) is 24.8. The van der Waals surface area contributed by atoms with Crippen LogP contribution in [0.1, 0.15) is 39.5 Å². The second kappa shape index (κ2) is 6.86. The molecule has 0 amide bonds. The Morgan fingerprint density at radius 1 is 1.50 bits per heavy atom. The van der Waals surface area contributed by atoms with Crippen LogP contribution in [0.3, 0.4) is 0 Å². The first kappa shape index (κ1) is 13.5. The van der Waals surface area contributed by atoms with E-state index >= 15 is 0 Å². The van der Waals surface area contributed by atoms with Gasteiger partial charge in [-0.1, -0.05) is 12.8 Å². The molecular weight excluding hydrogens is 204 g/mol. The zero-order chi connectivity index (χ0) is 12.0. The van der Waals surface area contributed by atoms with Crippen molar-refractivity contribution in [1.82, 2.24) is 4.90 Å². The van der Waals surface area contributed by atoms with Gasteiger partial charge < -0.3 is 10.5 Å². The van der Waals surface area contributed by atoms with Crippen molar-refractivity contribution in [1.29, 1.82) is 0 Å². The molecule has 0 aliphatic carbocycles. The van der Waals surface area contributed by atoms with Gasteiger partial charge >= 0.3 is 5.97 Å². The summed E-state index contributed by atoms with van der Waals surface area (Å²) in [5, 5.41) is 0. The van der Waals surface area contributed by atoms with Crippen LogP contribution in [0, 0.1) is 0 Å². The van der Waals surface area contributed by atoms with Gasteiger partial charge in [0.05, 0.1) is 6.61 Å². The first-order chi connectivity index (χ1) is 7.65. The van der Waals surface area contributed by atoms with Crippen molar-refractivity contribution in [3.05, 3.63) is 0 Å². The van der Waals surface area contributed by atoms with Gasteiger partial charge in [0.25, 0.3) is 0 Å². The Balaban J connectivity index is 2.41. The van der Waals surface area contributed by atoms with E-state index in [1.807, 2.05) is 0 Å². The molecule has 0 aromatic rings. The molecule has 1 aliphatic rings. The van der Waals surface area contributed by atoms with E-state index in [2.05, 4.69) is 11.8 Å². The van der Waals surface area contributed by atoms with E-state index in [1.165, 1.54) is 25.7 Å². The third-order valence-corrected chi connectivity index (χ3v) is 3.21. The molecule has 0 radical (unpaired) electrons. The Morgan fingerprint density at radius 2 is 2.25 bits per heavy atom. The SMILES string of the molecule is CCOC(=O)C(N)CN1CCCCCC1C. The molecule has 1 rings (SSSR count). The molecule has 0 aromatic heterocycles. The molecule has 1 aliphatic heterocycles. The Kier molecular flexibility index (Phi) is 5.77. The van der Waals surface area contributed by atoms with Gasteiger partial charge in [-0.05, 0) is 33.2 Å². The van der Waals surface area contributed by atoms with Crippen molar-refractivity contribution in [2.45, 2.75) is 51.6 Å². The number of nitrogens with zero attached hydrogens (tertiary/aromatic N) is 1. The molecule has 0 aromatic carbocycles. The summed E-state index contributed by atoms with van der Waals surface area (Å²) in [6.07, 6.45) is 4.98. The average Bonchev–Trinajstić information content (AvgIpc) is 2.45. The minimum atomic E-state index is -0.500. The molecule has 2 N–H and O–H groups in total. The van der Waals surface area contributed by atoms with Crippen LogP contribution in [0.5, 0.6) is 0 Å². The molecule has 2 atom stereocenters. The zero-order valence-electron chi connectivity index (χ0n) is 10.4. The summed E-state index contributed by atoms with van der Waals surface area (Å²) in [4.78, 5) is 13.7. The largest absolute Gasteiger partial charge is 0.465 e. The van der Waals surface area contributed by atoms with E-state index in [0.29, 0.717) is 19.2 Å². The van der Waals surface area contributed by atoms with Gasteiger partial charge in [-0.2, -0.15) is 0 Å². The quantitative estimate of drug-likeness (QED) is 0.733. The number of hydrogen-bond donors (Lipinski definition) is 1. The van der Waals surface area contributed by atoms with E-state index < -0.39 is 6.04 Å². The molecule has 0 spiro atoms. The van der Waals surface area contributed by atoms with Gasteiger partial charge in [0.15, 0.2) is 0 Å². The van der Waals surface area contributed by atoms with Crippen LogP contribution < -0.4 is 5.73 Å². The second-order valence-corrected chi connectivity index (χ2v) is 4.55. The lowest BCUT2D eigenvalue weighted by atomic mass is 10.1. The van der Waals surface area contributed by atoms with Gasteiger partial charge in [-0.25, -0.2) is 0 Å². The molecular formula is C12H24N2O2. The summed E-state index contributed by atoms with van der Waals surface area (Å²) < 4.78 is 4.92. The minimum Gasteiger partial charge on any atom is -0.465 e. The summed E-state index contributed by atoms with van der Waals surface area (Å²) in [6.45, 7) is 6.10. The number of ether oxygens (including phenoxy) is 1. The Hall–Kier alpha value is -0.610. The summed E-state index contributed by atoms with van der Waals surface area (Å²) in [7, 11) is 0. The maximum absolute atomic E-state index is 11.4. The van der Waals surface area contributed by atoms with Crippen molar-refractivity contribution in [3.8, 4) is 0 Å². The van der Waals surface area contributed by atoms with Gasteiger partial charge in [-0.15, -0.1) is 0 Å². The summed E-state index contributed by atoms with van der Waals surface area (Å²) in [5.74, 6) is -0.279. The average molecular weight is 228 g/mol. The number of carbonyl (C=O) groups excluding carboxylic acids is 1. The smallest absolute Gasteiger partial charge is 0.324 e. The Morgan fingerprint density at radius 3 is 2.94 bits per heavy atom. The molecule has 0 saturated carbocycles. The lowest BCUT2D eigenvalue weighted by Gasteiger charge is -2.28. The number of likely N-dealkylation sites (tertiary alicyclic amines) is 1. The van der Waals surface area contributed by atoms with Crippen molar-refractivity contribution >= 4 is 5.97 Å². The van der Waals surface area contributed by atoms with Crippen LogP contribution in [0.15, 0.2) is 0 Å². The zero-order valence-corrected chi connectivity index (χ0v) is 10.4. The van der Waals surface area contributed by atoms with Crippen molar-refractivity contribution in [2.75, 3.05) is 19.7 Å². The lowest BCUT2D eigenvalue weighted by molar-refractivity contribution is -0.145. The van der Waals surface area contributed by atoms with Gasteiger partial charge in [-0.3, -0.25) is 9.69 Å². The number of carbonyl (C=O) groups is 1. The van der Waals surface area contributed by atoms with Crippen molar-refractivity contribution in [3.63, 3.8) is 0 Å². The van der Waals surface area contributed by atoms with Crippen LogP contribution in [-0.2, 0) is 9.53 Å². The van der Waals surface area contributed by atoms with Crippen molar-refractivity contribution in [2.24, 2.45) is 5.73 Å². The predicted octanol–water partition coefficient (Wildman–Crippen LogP) is 1.14. The molecule has 94 valence electrons. The van der Waals surface area contributed by atoms with E-state index in [9.17, 15) is 4.79 Å². The Labute approximate surface area is 98.1 Å². The summed E-state index contributed by atoms with van der Waals surface area (Å²) in [5.41, 5.74) is 5.83. The summed E-state index contributed by atoms with van der Waals surface area (Å²) >= 11 is 0. The van der Waals surface area contributed by atoms with Crippen LogP contribution >= 0.6 is 0 Å². The van der Waals surface area contributed by atoms with Crippen molar-refractivity contribution < 1.29 is 9.53 Å². The molecule has 4 heteroatoms. The molecule has 1 fully saturated rings. The van der Waals surface area contributed by atoms with E-state index in [4.69, 9.17) is 10.5 Å². The monoisotopic (exact) mass is 228 g/mol. The fourth-order valence-corrected chi connectivity index (χ4v) is 2.18. The molecule has 0 bridgehead atoms. The highest BCUT2D eigenvalue weighted by molar-refractivity contribution is 5.75. The van der Waals surface area contributed by atoms with Crippen LogP contribution in [-0.4, -0.2) is 42.6 Å². The third-order valence-electron chi connectivity index (χ3n) is 3.21. The predicted molar refractivity (Wildman–Crippen MR) is 64.1 cm³/mol. The van der Waals surface area contributed by atoms with Crippen LogP contribution in [0.2, 0.25) is 0 Å². The molecule has 1 heterocycles. The second-order valence-electron chi connectivity index (χ2n) is 4.55. The highest BCUT2D eigenvalue weighted by atomic mass is 16.5. The van der Waals surface area contributed by atoms with E-state index in [1.54, 1.807) is 6.92 Å². The first-order valence-corrected chi connectivity index (χ1v) is 6.31. The maximum atomic E-state index is 11.4. The minimum absolute atomic E-state index is 0.279. The number of hydrogen-bond acceptors (Lipinski definition) is 4.